The fourth-order valence-corrected chi connectivity index (χ4v) is 2.06. The number of nitrogens with one attached hydrogen (secondary N) is 1. The van der Waals surface area contributed by atoms with Crippen LogP contribution in [0.25, 0.3) is 0 Å². The molecule has 2 aromatic carbocycles. The SMILES string of the molecule is CC(C)(C)OC(=O)c1ccc(NC(=O)c2ccc(O)cc2)c([N+](=O)[O-])c1. The molecule has 0 aliphatic carbocycles. The van der Waals surface area contributed by atoms with Crippen molar-refractivity contribution in [3.05, 3.63) is 63.7 Å². The summed E-state index contributed by atoms with van der Waals surface area (Å²) in [6.07, 6.45) is 0. The number of carbonyl (C=O) groups excluding carboxylic acids is 2. The molecule has 0 radical (unpaired) electrons. The van der Waals surface area contributed by atoms with Gasteiger partial charge in [-0.3, -0.25) is 14.9 Å². The zero-order valence-corrected chi connectivity index (χ0v) is 14.5. The van der Waals surface area contributed by atoms with E-state index in [1.807, 2.05) is 0 Å². The van der Waals surface area contributed by atoms with Crippen molar-refractivity contribution in [1.82, 2.24) is 0 Å². The molecule has 8 heteroatoms. The van der Waals surface area contributed by atoms with E-state index in [4.69, 9.17) is 4.74 Å². The molecule has 2 rings (SSSR count). The predicted octanol–water partition coefficient (Wildman–Crippen LogP) is 3.51. The van der Waals surface area contributed by atoms with Crippen LogP contribution in [0.1, 0.15) is 41.5 Å². The minimum atomic E-state index is -0.738. The second-order valence-corrected chi connectivity index (χ2v) is 6.49. The molecule has 136 valence electrons. The number of aromatic hydroxyl groups is 1. The van der Waals surface area contributed by atoms with Crippen LogP contribution in [0.5, 0.6) is 5.75 Å². The van der Waals surface area contributed by atoms with Gasteiger partial charge in [0.15, 0.2) is 0 Å². The molecule has 0 aliphatic heterocycles. The first-order chi connectivity index (χ1) is 12.1. The number of amides is 1. The van der Waals surface area contributed by atoms with Crippen LogP contribution in [-0.2, 0) is 4.74 Å². The van der Waals surface area contributed by atoms with Gasteiger partial charge in [-0.15, -0.1) is 0 Å². The Morgan fingerprint density at radius 2 is 1.65 bits per heavy atom. The maximum atomic E-state index is 12.2. The van der Waals surface area contributed by atoms with Gasteiger partial charge in [-0.2, -0.15) is 0 Å². The van der Waals surface area contributed by atoms with E-state index in [1.54, 1.807) is 20.8 Å². The van der Waals surface area contributed by atoms with Gasteiger partial charge < -0.3 is 15.2 Å². The van der Waals surface area contributed by atoms with E-state index in [0.29, 0.717) is 0 Å². The normalized spacial score (nSPS) is 10.9. The lowest BCUT2D eigenvalue weighted by Gasteiger charge is -2.19. The predicted molar refractivity (Wildman–Crippen MR) is 94.3 cm³/mol. The van der Waals surface area contributed by atoms with Crippen molar-refractivity contribution in [3.8, 4) is 5.75 Å². The van der Waals surface area contributed by atoms with Crippen LogP contribution in [0.15, 0.2) is 42.5 Å². The maximum Gasteiger partial charge on any atom is 0.338 e. The molecule has 0 atom stereocenters. The lowest BCUT2D eigenvalue weighted by atomic mass is 10.1. The number of benzene rings is 2. The van der Waals surface area contributed by atoms with E-state index >= 15 is 0 Å². The van der Waals surface area contributed by atoms with E-state index < -0.39 is 28.1 Å². The Labute approximate surface area is 149 Å². The van der Waals surface area contributed by atoms with Gasteiger partial charge in [0.1, 0.15) is 17.0 Å². The van der Waals surface area contributed by atoms with Crippen molar-refractivity contribution >= 4 is 23.3 Å². The van der Waals surface area contributed by atoms with E-state index in [0.717, 1.165) is 6.07 Å². The number of rotatable bonds is 4. The molecular formula is C18H18N2O6. The van der Waals surface area contributed by atoms with E-state index in [2.05, 4.69) is 5.32 Å². The summed E-state index contributed by atoms with van der Waals surface area (Å²) in [5, 5.41) is 23.0. The molecule has 0 heterocycles. The van der Waals surface area contributed by atoms with E-state index in [-0.39, 0.29) is 22.6 Å². The second-order valence-electron chi connectivity index (χ2n) is 6.49. The fraction of sp³-hybridized carbons (Fsp3) is 0.222. The minimum absolute atomic E-state index is 0.00533. The van der Waals surface area contributed by atoms with Crippen LogP contribution in [0.3, 0.4) is 0 Å². The highest BCUT2D eigenvalue weighted by atomic mass is 16.6. The molecule has 0 unspecified atom stereocenters. The third kappa shape index (κ3) is 4.79. The van der Waals surface area contributed by atoms with Crippen molar-refractivity contribution in [1.29, 1.82) is 0 Å². The van der Waals surface area contributed by atoms with Gasteiger partial charge in [0.2, 0.25) is 0 Å². The molecule has 0 aromatic heterocycles. The zero-order valence-electron chi connectivity index (χ0n) is 14.5. The summed E-state index contributed by atoms with van der Waals surface area (Å²) in [4.78, 5) is 34.9. The van der Waals surface area contributed by atoms with Crippen molar-refractivity contribution in [2.24, 2.45) is 0 Å². The topological polar surface area (TPSA) is 119 Å². The molecule has 0 saturated carbocycles. The number of nitro groups is 1. The molecule has 0 fully saturated rings. The third-order valence-electron chi connectivity index (χ3n) is 3.21. The third-order valence-corrected chi connectivity index (χ3v) is 3.21. The van der Waals surface area contributed by atoms with Gasteiger partial charge >= 0.3 is 5.97 Å². The highest BCUT2D eigenvalue weighted by Crippen LogP contribution is 2.27. The van der Waals surface area contributed by atoms with Gasteiger partial charge in [0.05, 0.1) is 10.5 Å². The molecule has 26 heavy (non-hydrogen) atoms. The number of phenols is 1. The summed E-state index contributed by atoms with van der Waals surface area (Å²) < 4.78 is 5.19. The van der Waals surface area contributed by atoms with E-state index in [9.17, 15) is 24.8 Å². The lowest BCUT2D eigenvalue weighted by molar-refractivity contribution is -0.383. The van der Waals surface area contributed by atoms with Crippen LogP contribution < -0.4 is 5.32 Å². The summed E-state index contributed by atoms with van der Waals surface area (Å²) in [6.45, 7) is 5.06. The molecule has 0 aliphatic rings. The number of phenolic OH excluding ortho intramolecular Hbond substituents is 1. The number of nitro benzene ring substituents is 1. The molecule has 0 saturated heterocycles. The van der Waals surface area contributed by atoms with Gasteiger partial charge in [-0.25, -0.2) is 4.79 Å². The smallest absolute Gasteiger partial charge is 0.338 e. The van der Waals surface area contributed by atoms with Crippen LogP contribution >= 0.6 is 0 Å². The Bertz CT molecular complexity index is 853. The Balaban J connectivity index is 2.28. The van der Waals surface area contributed by atoms with Crippen LogP contribution in [-0.4, -0.2) is 27.5 Å². The number of nitrogens with zero attached hydrogens (tertiary/aromatic N) is 1. The quantitative estimate of drug-likeness (QED) is 0.490. The molecule has 1 amide bonds. The summed E-state index contributed by atoms with van der Waals surface area (Å²) in [5.74, 6) is -1.29. The van der Waals surface area contributed by atoms with Gasteiger partial charge in [0, 0.05) is 11.6 Å². The summed E-state index contributed by atoms with van der Waals surface area (Å²) in [7, 11) is 0. The number of carbonyl (C=O) groups is 2. The van der Waals surface area contributed by atoms with Crippen LogP contribution in [0.2, 0.25) is 0 Å². The first-order valence-electron chi connectivity index (χ1n) is 7.69. The van der Waals surface area contributed by atoms with Gasteiger partial charge in [-0.1, -0.05) is 0 Å². The van der Waals surface area contributed by atoms with Crippen molar-refractivity contribution in [2.75, 3.05) is 5.32 Å². The van der Waals surface area contributed by atoms with Gasteiger partial charge in [-0.05, 0) is 57.2 Å². The molecular weight excluding hydrogens is 340 g/mol. The summed E-state index contributed by atoms with van der Waals surface area (Å²) in [5.41, 5.74) is -0.999. The number of anilines is 1. The largest absolute Gasteiger partial charge is 0.508 e. The van der Waals surface area contributed by atoms with Crippen LogP contribution in [0, 0.1) is 10.1 Å². The van der Waals surface area contributed by atoms with Crippen molar-refractivity contribution in [3.63, 3.8) is 0 Å². The number of esters is 1. The van der Waals surface area contributed by atoms with Crippen molar-refractivity contribution < 1.29 is 24.4 Å². The maximum absolute atomic E-state index is 12.2. The Hall–Kier alpha value is -3.42. The Morgan fingerprint density at radius 1 is 1.08 bits per heavy atom. The van der Waals surface area contributed by atoms with Crippen LogP contribution in [0.4, 0.5) is 11.4 Å². The monoisotopic (exact) mass is 358 g/mol. The zero-order chi connectivity index (χ0) is 19.5. The molecule has 2 N–H and O–H groups in total. The highest BCUT2D eigenvalue weighted by molar-refractivity contribution is 6.06. The van der Waals surface area contributed by atoms with Crippen molar-refractivity contribution in [2.45, 2.75) is 26.4 Å². The number of ether oxygens (including phenoxy) is 1. The minimum Gasteiger partial charge on any atom is -0.508 e. The average Bonchev–Trinajstić information content (AvgIpc) is 2.53. The number of hydrogen-bond acceptors (Lipinski definition) is 6. The van der Waals surface area contributed by atoms with Gasteiger partial charge in [0.25, 0.3) is 11.6 Å². The van der Waals surface area contributed by atoms with E-state index in [1.165, 1.54) is 36.4 Å². The summed E-state index contributed by atoms with van der Waals surface area (Å²) in [6, 6.07) is 9.09. The second kappa shape index (κ2) is 7.22. The molecule has 2 aromatic rings. The molecule has 0 bridgehead atoms. The lowest BCUT2D eigenvalue weighted by Crippen LogP contribution is -2.24. The first kappa shape index (κ1) is 18.9. The first-order valence-corrected chi connectivity index (χ1v) is 7.69. The average molecular weight is 358 g/mol. The fourth-order valence-electron chi connectivity index (χ4n) is 2.06. The molecule has 0 spiro atoms. The Morgan fingerprint density at radius 3 is 2.19 bits per heavy atom. The number of hydrogen-bond donors (Lipinski definition) is 2. The molecule has 8 nitrogen and oxygen atoms in total. The standard InChI is InChI=1S/C18H18N2O6/c1-18(2,3)26-17(23)12-6-9-14(15(10-12)20(24)25)19-16(22)11-4-7-13(21)8-5-11/h4-10,21H,1-3H3,(H,19,22). The highest BCUT2D eigenvalue weighted by Gasteiger charge is 2.23. The Kier molecular flexibility index (Phi) is 5.25. The summed E-state index contributed by atoms with van der Waals surface area (Å²) >= 11 is 0.